The first-order valence-corrected chi connectivity index (χ1v) is 6.99. The number of benzene rings is 1. The largest absolute Gasteiger partial charge is 0.399 e. The van der Waals surface area contributed by atoms with Crippen LogP contribution in [-0.4, -0.2) is 22.8 Å². The van der Waals surface area contributed by atoms with Gasteiger partial charge >= 0.3 is 0 Å². The number of fused-ring (bicyclic) bond motifs is 1. The summed E-state index contributed by atoms with van der Waals surface area (Å²) in [5, 5.41) is 0. The molecule has 3 rings (SSSR count). The van der Waals surface area contributed by atoms with Gasteiger partial charge in [-0.25, -0.2) is 4.98 Å². The van der Waals surface area contributed by atoms with Crippen LogP contribution in [0.4, 0.5) is 5.69 Å². The molecule has 1 aliphatic rings. The predicted molar refractivity (Wildman–Crippen MR) is 77.2 cm³/mol. The van der Waals surface area contributed by atoms with Crippen molar-refractivity contribution in [3.8, 4) is 0 Å². The van der Waals surface area contributed by atoms with Gasteiger partial charge in [0.05, 0.1) is 23.2 Å². The van der Waals surface area contributed by atoms with Gasteiger partial charge in [0.1, 0.15) is 5.82 Å². The van der Waals surface area contributed by atoms with Gasteiger partial charge in [0.2, 0.25) is 0 Å². The molecule has 2 aromatic rings. The van der Waals surface area contributed by atoms with Crippen molar-refractivity contribution >= 4 is 16.7 Å². The third-order valence-electron chi connectivity index (χ3n) is 3.96. The minimum absolute atomic E-state index is 0.0232. The molecule has 1 aromatic heterocycles. The Hall–Kier alpha value is -1.55. The summed E-state index contributed by atoms with van der Waals surface area (Å²) >= 11 is 0. The molecule has 1 atom stereocenters. The number of aromatic nitrogens is 2. The van der Waals surface area contributed by atoms with Crippen molar-refractivity contribution in [1.29, 1.82) is 0 Å². The third kappa shape index (κ3) is 2.00. The first-order valence-electron chi connectivity index (χ1n) is 6.99. The van der Waals surface area contributed by atoms with Crippen LogP contribution in [0.2, 0.25) is 0 Å². The van der Waals surface area contributed by atoms with Crippen molar-refractivity contribution in [2.24, 2.45) is 0 Å². The molecule has 1 aliphatic heterocycles. The van der Waals surface area contributed by atoms with E-state index in [0.29, 0.717) is 0 Å². The van der Waals surface area contributed by atoms with E-state index in [9.17, 15) is 0 Å². The van der Waals surface area contributed by atoms with E-state index >= 15 is 0 Å². The highest BCUT2D eigenvalue weighted by Gasteiger charge is 2.34. The van der Waals surface area contributed by atoms with Gasteiger partial charge in [0.15, 0.2) is 0 Å². The fourth-order valence-electron chi connectivity index (χ4n) is 2.97. The zero-order chi connectivity index (χ0) is 13.5. The van der Waals surface area contributed by atoms with Gasteiger partial charge in [0.25, 0.3) is 0 Å². The number of nitrogens with two attached hydrogens (primary N) is 1. The van der Waals surface area contributed by atoms with E-state index in [1.807, 2.05) is 12.1 Å². The predicted octanol–water partition coefficient (Wildman–Crippen LogP) is 2.71. The zero-order valence-corrected chi connectivity index (χ0v) is 11.6. The van der Waals surface area contributed by atoms with E-state index in [-0.39, 0.29) is 5.54 Å². The summed E-state index contributed by atoms with van der Waals surface area (Å²) in [7, 11) is 0. The van der Waals surface area contributed by atoms with Gasteiger partial charge in [-0.05, 0) is 38.0 Å². The molecule has 19 heavy (non-hydrogen) atoms. The Balaban J connectivity index is 2.21. The second-order valence-corrected chi connectivity index (χ2v) is 5.66. The van der Waals surface area contributed by atoms with Gasteiger partial charge in [0, 0.05) is 18.7 Å². The van der Waals surface area contributed by atoms with E-state index in [1.165, 1.54) is 5.52 Å². The number of anilines is 1. The Kier molecular flexibility index (Phi) is 2.97. The smallest absolute Gasteiger partial charge is 0.110 e. The molecule has 0 amide bonds. The van der Waals surface area contributed by atoms with Crippen molar-refractivity contribution < 1.29 is 4.74 Å². The fraction of sp³-hybridized carbons (Fsp3) is 0.533. The minimum atomic E-state index is 0.0232. The van der Waals surface area contributed by atoms with Gasteiger partial charge in [-0.2, -0.15) is 0 Å². The Bertz CT molecular complexity index is 597. The molecule has 1 fully saturated rings. The second kappa shape index (κ2) is 4.53. The molecule has 0 radical (unpaired) electrons. The molecule has 102 valence electrons. The van der Waals surface area contributed by atoms with Gasteiger partial charge in [-0.3, -0.25) is 0 Å². The number of imidazole rings is 1. The first kappa shape index (κ1) is 12.5. The fourth-order valence-corrected chi connectivity index (χ4v) is 2.97. The molecular weight excluding hydrogens is 238 g/mol. The Morgan fingerprint density at radius 2 is 2.32 bits per heavy atom. The highest BCUT2D eigenvalue weighted by Crippen LogP contribution is 2.33. The number of nitrogens with zero attached hydrogens (tertiary/aromatic N) is 2. The summed E-state index contributed by atoms with van der Waals surface area (Å²) in [6.45, 7) is 6.04. The molecule has 4 heteroatoms. The monoisotopic (exact) mass is 259 g/mol. The SMILES string of the molecule is CCCc1nc2cc(N)ccc2n1C1(C)CCOC1. The maximum Gasteiger partial charge on any atom is 0.110 e. The molecule has 0 bridgehead atoms. The summed E-state index contributed by atoms with van der Waals surface area (Å²) in [5.41, 5.74) is 8.83. The zero-order valence-electron chi connectivity index (χ0n) is 11.6. The molecule has 0 saturated carbocycles. The quantitative estimate of drug-likeness (QED) is 0.862. The lowest BCUT2D eigenvalue weighted by molar-refractivity contribution is 0.162. The second-order valence-electron chi connectivity index (χ2n) is 5.66. The molecule has 1 aromatic carbocycles. The molecule has 0 spiro atoms. The van der Waals surface area contributed by atoms with Crippen molar-refractivity contribution in [1.82, 2.24) is 9.55 Å². The average Bonchev–Trinajstić information content (AvgIpc) is 2.93. The van der Waals surface area contributed by atoms with Gasteiger partial charge in [-0.15, -0.1) is 0 Å². The number of nitrogen functional groups attached to an aromatic ring is 1. The summed E-state index contributed by atoms with van der Waals surface area (Å²) in [4.78, 5) is 4.78. The number of aryl methyl sites for hydroxylation is 1. The van der Waals surface area contributed by atoms with E-state index in [2.05, 4.69) is 24.5 Å². The standard InChI is InChI=1S/C15H21N3O/c1-3-4-14-17-12-9-11(16)5-6-13(12)18(14)15(2)7-8-19-10-15/h5-6,9H,3-4,7-8,10,16H2,1-2H3. The molecule has 1 unspecified atom stereocenters. The third-order valence-corrected chi connectivity index (χ3v) is 3.96. The van der Waals surface area contributed by atoms with Crippen LogP contribution in [0.15, 0.2) is 18.2 Å². The molecule has 4 nitrogen and oxygen atoms in total. The normalized spacial score (nSPS) is 23.3. The lowest BCUT2D eigenvalue weighted by Crippen LogP contribution is -2.32. The number of hydrogen-bond acceptors (Lipinski definition) is 3. The number of rotatable bonds is 3. The number of hydrogen-bond donors (Lipinski definition) is 1. The molecule has 2 N–H and O–H groups in total. The van der Waals surface area contributed by atoms with E-state index in [1.54, 1.807) is 0 Å². The number of ether oxygens (including phenoxy) is 1. The van der Waals surface area contributed by atoms with Crippen LogP contribution in [0.3, 0.4) is 0 Å². The molecule has 2 heterocycles. The van der Waals surface area contributed by atoms with Crippen molar-refractivity contribution in [3.05, 3.63) is 24.0 Å². The average molecular weight is 259 g/mol. The van der Waals surface area contributed by atoms with Gasteiger partial charge in [-0.1, -0.05) is 6.92 Å². The van der Waals surface area contributed by atoms with Crippen LogP contribution in [0.1, 0.15) is 32.5 Å². The molecular formula is C15H21N3O. The summed E-state index contributed by atoms with van der Waals surface area (Å²) in [6.07, 6.45) is 3.12. The van der Waals surface area contributed by atoms with Crippen LogP contribution in [0.5, 0.6) is 0 Å². The summed E-state index contributed by atoms with van der Waals surface area (Å²) in [6, 6.07) is 6.00. The molecule has 1 saturated heterocycles. The highest BCUT2D eigenvalue weighted by molar-refractivity contribution is 5.80. The van der Waals surface area contributed by atoms with Crippen LogP contribution in [0.25, 0.3) is 11.0 Å². The lowest BCUT2D eigenvalue weighted by Gasteiger charge is -2.27. The van der Waals surface area contributed by atoms with E-state index < -0.39 is 0 Å². The van der Waals surface area contributed by atoms with Crippen molar-refractivity contribution in [3.63, 3.8) is 0 Å². The van der Waals surface area contributed by atoms with Crippen LogP contribution < -0.4 is 5.73 Å². The maximum atomic E-state index is 5.87. The van der Waals surface area contributed by atoms with E-state index in [0.717, 1.165) is 49.5 Å². The van der Waals surface area contributed by atoms with Crippen molar-refractivity contribution in [2.45, 2.75) is 38.6 Å². The Morgan fingerprint density at radius 1 is 1.47 bits per heavy atom. The summed E-state index contributed by atoms with van der Waals surface area (Å²) in [5.74, 6) is 1.15. The molecule has 0 aliphatic carbocycles. The van der Waals surface area contributed by atoms with Gasteiger partial charge < -0.3 is 15.0 Å². The maximum absolute atomic E-state index is 5.87. The Morgan fingerprint density at radius 3 is 3.00 bits per heavy atom. The van der Waals surface area contributed by atoms with Crippen LogP contribution in [-0.2, 0) is 16.7 Å². The van der Waals surface area contributed by atoms with E-state index in [4.69, 9.17) is 15.5 Å². The Labute approximate surface area is 113 Å². The lowest BCUT2D eigenvalue weighted by atomic mass is 10.0. The topological polar surface area (TPSA) is 53.1 Å². The van der Waals surface area contributed by atoms with Crippen molar-refractivity contribution in [2.75, 3.05) is 18.9 Å². The van der Waals surface area contributed by atoms with Crippen LogP contribution >= 0.6 is 0 Å². The highest BCUT2D eigenvalue weighted by atomic mass is 16.5. The first-order chi connectivity index (χ1) is 9.14. The summed E-state index contributed by atoms with van der Waals surface area (Å²) < 4.78 is 7.99. The minimum Gasteiger partial charge on any atom is -0.399 e. The van der Waals surface area contributed by atoms with Crippen LogP contribution in [0, 0.1) is 0 Å².